The molecular weight excluding hydrogens is 506 g/mol. The van der Waals surface area contributed by atoms with Crippen LogP contribution in [0, 0.1) is 0 Å². The third kappa shape index (κ3) is 5.24. The highest BCUT2D eigenvalue weighted by atomic mass is 79.9. The Kier molecular flexibility index (Phi) is 7.50. The van der Waals surface area contributed by atoms with Crippen molar-refractivity contribution in [3.8, 4) is 17.2 Å². The van der Waals surface area contributed by atoms with Crippen molar-refractivity contribution in [2.24, 2.45) is 0 Å². The molecule has 0 unspecified atom stereocenters. The highest BCUT2D eigenvalue weighted by Crippen LogP contribution is 2.32. The SMILES string of the molecule is CCCCc1nc(C(F)(F)CCCC)nn1Cc1ccc(-n2c(Br)ccc2-c2nn[nH]n2)cc1. The smallest absolute Gasteiger partial charge is 0.301 e. The van der Waals surface area contributed by atoms with E-state index in [4.69, 9.17) is 0 Å². The minimum atomic E-state index is -3.02. The molecule has 1 N–H and O–H groups in total. The summed E-state index contributed by atoms with van der Waals surface area (Å²) in [6, 6.07) is 11.7. The van der Waals surface area contributed by atoms with Gasteiger partial charge in [0.25, 0.3) is 0 Å². The second kappa shape index (κ2) is 10.5. The number of benzene rings is 1. The maximum atomic E-state index is 14.6. The molecule has 1 aromatic carbocycles. The van der Waals surface area contributed by atoms with Gasteiger partial charge >= 0.3 is 5.92 Å². The van der Waals surface area contributed by atoms with Crippen molar-refractivity contribution in [1.82, 2.24) is 40.0 Å². The molecule has 0 bridgehead atoms. The first-order valence-electron chi connectivity index (χ1n) is 11.4. The zero-order chi connectivity index (χ0) is 24.1. The molecule has 4 aromatic rings. The fourth-order valence-electron chi connectivity index (χ4n) is 3.73. The van der Waals surface area contributed by atoms with E-state index in [1.165, 1.54) is 0 Å². The molecule has 0 saturated carbocycles. The predicted molar refractivity (Wildman–Crippen MR) is 128 cm³/mol. The molecule has 11 heteroatoms. The highest BCUT2D eigenvalue weighted by Gasteiger charge is 2.36. The number of rotatable bonds is 11. The number of halogens is 3. The molecule has 34 heavy (non-hydrogen) atoms. The van der Waals surface area contributed by atoms with Crippen LogP contribution in [0.5, 0.6) is 0 Å². The average molecular weight is 533 g/mol. The lowest BCUT2D eigenvalue weighted by Gasteiger charge is -2.11. The first-order valence-corrected chi connectivity index (χ1v) is 12.2. The lowest BCUT2D eigenvalue weighted by Crippen LogP contribution is -2.16. The van der Waals surface area contributed by atoms with Crippen LogP contribution in [0.4, 0.5) is 8.78 Å². The minimum absolute atomic E-state index is 0.232. The van der Waals surface area contributed by atoms with Crippen LogP contribution in [-0.4, -0.2) is 40.0 Å². The molecule has 0 amide bonds. The van der Waals surface area contributed by atoms with Crippen LogP contribution in [0.25, 0.3) is 17.2 Å². The zero-order valence-corrected chi connectivity index (χ0v) is 20.8. The van der Waals surface area contributed by atoms with Gasteiger partial charge in [-0.1, -0.05) is 38.8 Å². The van der Waals surface area contributed by atoms with Crippen LogP contribution in [0.15, 0.2) is 41.0 Å². The number of tetrazole rings is 1. The van der Waals surface area contributed by atoms with Gasteiger partial charge in [-0.3, -0.25) is 0 Å². The van der Waals surface area contributed by atoms with Crippen molar-refractivity contribution in [2.45, 2.75) is 64.8 Å². The van der Waals surface area contributed by atoms with Crippen molar-refractivity contribution in [1.29, 1.82) is 0 Å². The molecule has 3 aromatic heterocycles. The Labute approximate surface area is 204 Å². The molecule has 8 nitrogen and oxygen atoms in total. The van der Waals surface area contributed by atoms with E-state index in [0.717, 1.165) is 34.4 Å². The van der Waals surface area contributed by atoms with Crippen LogP contribution < -0.4 is 0 Å². The van der Waals surface area contributed by atoms with E-state index in [9.17, 15) is 8.78 Å². The van der Waals surface area contributed by atoms with E-state index in [1.54, 1.807) is 4.68 Å². The summed E-state index contributed by atoms with van der Waals surface area (Å²) in [6.45, 7) is 4.34. The zero-order valence-electron chi connectivity index (χ0n) is 19.2. The van der Waals surface area contributed by atoms with Gasteiger partial charge in [-0.05, 0) is 63.8 Å². The van der Waals surface area contributed by atoms with Gasteiger partial charge in [-0.15, -0.1) is 15.3 Å². The molecule has 0 radical (unpaired) electrons. The number of alkyl halides is 2. The topological polar surface area (TPSA) is 90.1 Å². The van der Waals surface area contributed by atoms with Gasteiger partial charge in [0.05, 0.1) is 16.8 Å². The second-order valence-corrected chi connectivity index (χ2v) is 9.01. The summed E-state index contributed by atoms with van der Waals surface area (Å²) in [5.74, 6) is -2.30. The largest absolute Gasteiger partial charge is 0.308 e. The molecule has 0 saturated heterocycles. The number of aromatic nitrogens is 8. The molecule has 3 heterocycles. The van der Waals surface area contributed by atoms with Crippen LogP contribution in [0.2, 0.25) is 0 Å². The summed E-state index contributed by atoms with van der Waals surface area (Å²) in [5.41, 5.74) is 2.63. The lowest BCUT2D eigenvalue weighted by atomic mass is 10.1. The number of H-pyrrole nitrogens is 1. The van der Waals surface area contributed by atoms with Crippen LogP contribution in [0.3, 0.4) is 0 Å². The standard InChI is InChI=1S/C23H27BrF2N8/c1-3-5-7-20-27-22(23(25,26)14-6-4-2)30-33(20)15-16-8-10-17(11-9-16)34-18(12-13-19(34)24)21-28-31-32-29-21/h8-13H,3-7,14-15H2,1-2H3,(H,28,29,31,32). The normalized spacial score (nSPS) is 11.9. The van der Waals surface area contributed by atoms with Crippen molar-refractivity contribution < 1.29 is 8.78 Å². The van der Waals surface area contributed by atoms with Gasteiger partial charge in [-0.25, -0.2) is 9.67 Å². The predicted octanol–water partition coefficient (Wildman–Crippen LogP) is 5.68. The molecule has 4 rings (SSSR count). The van der Waals surface area contributed by atoms with E-state index < -0.39 is 5.92 Å². The van der Waals surface area contributed by atoms with Gasteiger partial charge in [0.15, 0.2) is 0 Å². The number of aryl methyl sites for hydroxylation is 1. The van der Waals surface area contributed by atoms with E-state index in [0.29, 0.717) is 37.5 Å². The first kappa shape index (κ1) is 24.2. The Balaban J connectivity index is 1.59. The molecule has 0 aliphatic carbocycles. The number of aromatic amines is 1. The Hall–Kier alpha value is -2.95. The maximum Gasteiger partial charge on any atom is 0.308 e. The summed E-state index contributed by atoms with van der Waals surface area (Å²) in [5, 5.41) is 18.5. The van der Waals surface area contributed by atoms with Gasteiger partial charge in [0, 0.05) is 18.5 Å². The molecule has 0 aliphatic heterocycles. The first-order chi connectivity index (χ1) is 16.4. The number of hydrogen-bond donors (Lipinski definition) is 1. The quantitative estimate of drug-likeness (QED) is 0.268. The Morgan fingerprint density at radius 2 is 1.79 bits per heavy atom. The molecule has 0 fully saturated rings. The fraction of sp³-hybridized carbons (Fsp3) is 0.435. The Morgan fingerprint density at radius 3 is 2.47 bits per heavy atom. The number of nitrogens with zero attached hydrogens (tertiary/aromatic N) is 7. The van der Waals surface area contributed by atoms with Gasteiger partial charge in [0.1, 0.15) is 5.82 Å². The summed E-state index contributed by atoms with van der Waals surface area (Å²) >= 11 is 3.57. The maximum absolute atomic E-state index is 14.6. The Morgan fingerprint density at radius 1 is 1.03 bits per heavy atom. The van der Waals surface area contributed by atoms with Gasteiger partial charge in [-0.2, -0.15) is 14.0 Å². The van der Waals surface area contributed by atoms with E-state index in [1.807, 2.05) is 47.9 Å². The van der Waals surface area contributed by atoms with Crippen molar-refractivity contribution >= 4 is 15.9 Å². The number of unbranched alkanes of at least 4 members (excludes halogenated alkanes) is 2. The summed E-state index contributed by atoms with van der Waals surface area (Å²) in [7, 11) is 0. The monoisotopic (exact) mass is 532 g/mol. The number of hydrogen-bond acceptors (Lipinski definition) is 5. The summed E-state index contributed by atoms with van der Waals surface area (Å²) < 4.78 is 33.7. The molecule has 180 valence electrons. The summed E-state index contributed by atoms with van der Waals surface area (Å²) in [4.78, 5) is 4.25. The van der Waals surface area contributed by atoms with Crippen molar-refractivity contribution in [3.63, 3.8) is 0 Å². The minimum Gasteiger partial charge on any atom is -0.301 e. The van der Waals surface area contributed by atoms with Crippen LogP contribution in [-0.2, 0) is 18.9 Å². The van der Waals surface area contributed by atoms with E-state index >= 15 is 0 Å². The molecule has 0 atom stereocenters. The number of nitrogens with one attached hydrogen (secondary N) is 1. The lowest BCUT2D eigenvalue weighted by molar-refractivity contribution is -0.0245. The van der Waals surface area contributed by atoms with Crippen LogP contribution >= 0.6 is 15.9 Å². The third-order valence-electron chi connectivity index (χ3n) is 5.61. The van der Waals surface area contributed by atoms with E-state index in [-0.39, 0.29) is 12.2 Å². The van der Waals surface area contributed by atoms with Crippen molar-refractivity contribution in [2.75, 3.05) is 0 Å². The summed E-state index contributed by atoms with van der Waals surface area (Å²) in [6.07, 6.45) is 3.36. The highest BCUT2D eigenvalue weighted by molar-refractivity contribution is 9.10. The van der Waals surface area contributed by atoms with Crippen LogP contribution in [0.1, 0.15) is 63.2 Å². The van der Waals surface area contributed by atoms with E-state index in [2.05, 4.69) is 53.6 Å². The van der Waals surface area contributed by atoms with Gasteiger partial charge < -0.3 is 4.57 Å². The Bertz CT molecular complexity index is 1200. The second-order valence-electron chi connectivity index (χ2n) is 8.20. The molecule has 0 aliphatic rings. The van der Waals surface area contributed by atoms with Crippen molar-refractivity contribution in [3.05, 3.63) is 58.2 Å². The fourth-order valence-corrected chi connectivity index (χ4v) is 4.26. The third-order valence-corrected chi connectivity index (χ3v) is 6.23. The molecule has 0 spiro atoms. The average Bonchev–Trinajstić information content (AvgIpc) is 3.57. The van der Waals surface area contributed by atoms with Gasteiger partial charge in [0.2, 0.25) is 11.6 Å². The molecular formula is C23H27BrF2N8.